The molecule has 1 aromatic carbocycles. The van der Waals surface area contributed by atoms with Crippen molar-refractivity contribution >= 4 is 5.97 Å². The molecule has 0 radical (unpaired) electrons. The van der Waals surface area contributed by atoms with Crippen molar-refractivity contribution in [3.05, 3.63) is 70.8 Å². The van der Waals surface area contributed by atoms with Crippen LogP contribution in [0.5, 0.6) is 0 Å². The molecule has 1 aliphatic carbocycles. The molecule has 0 atom stereocenters. The number of carbonyl (C=O) groups is 1. The van der Waals surface area contributed by atoms with Gasteiger partial charge in [-0.1, -0.05) is 30.3 Å². The zero-order chi connectivity index (χ0) is 14.8. The molecule has 0 saturated heterocycles. The molecule has 104 valence electrons. The van der Waals surface area contributed by atoms with Crippen molar-refractivity contribution in [2.24, 2.45) is 0 Å². The molecule has 0 aromatic heterocycles. The minimum absolute atomic E-state index is 0.148. The number of benzene rings is 2. The van der Waals surface area contributed by atoms with Crippen LogP contribution in [0, 0.1) is 0 Å². The van der Waals surface area contributed by atoms with Crippen LogP contribution in [0.4, 0.5) is 0 Å². The van der Waals surface area contributed by atoms with Crippen LogP contribution in [0.3, 0.4) is 0 Å². The lowest BCUT2D eigenvalue weighted by atomic mass is 9.89. The summed E-state index contributed by atoms with van der Waals surface area (Å²) in [6.45, 7) is 0. The molecule has 0 spiro atoms. The Bertz CT molecular complexity index is 818. The maximum Gasteiger partial charge on any atom is 0.307 e. The second kappa shape index (κ2) is 5.25. The quantitative estimate of drug-likeness (QED) is 0.800. The van der Waals surface area contributed by atoms with E-state index in [9.17, 15) is 9.59 Å². The van der Waals surface area contributed by atoms with Crippen molar-refractivity contribution in [1.82, 2.24) is 0 Å². The van der Waals surface area contributed by atoms with E-state index in [4.69, 9.17) is 9.52 Å². The van der Waals surface area contributed by atoms with Crippen LogP contribution in [0.1, 0.15) is 5.56 Å². The Kier molecular flexibility index (Phi) is 3.28. The van der Waals surface area contributed by atoms with Gasteiger partial charge in [0.2, 0.25) is 0 Å². The monoisotopic (exact) mass is 280 g/mol. The molecule has 4 heteroatoms. The Morgan fingerprint density at radius 1 is 1.05 bits per heavy atom. The summed E-state index contributed by atoms with van der Waals surface area (Å²) in [5.41, 5.74) is 2.94. The zero-order valence-electron chi connectivity index (χ0n) is 11.1. The van der Waals surface area contributed by atoms with Crippen LogP contribution in [-0.2, 0) is 11.2 Å². The third-order valence-corrected chi connectivity index (χ3v) is 3.39. The minimum atomic E-state index is -0.937. The molecule has 1 aliphatic heterocycles. The molecule has 1 aromatic rings. The van der Waals surface area contributed by atoms with Gasteiger partial charge in [0.25, 0.3) is 0 Å². The summed E-state index contributed by atoms with van der Waals surface area (Å²) < 4.78 is 5.03. The Morgan fingerprint density at radius 2 is 1.81 bits per heavy atom. The third-order valence-electron chi connectivity index (χ3n) is 3.39. The Morgan fingerprint density at radius 3 is 2.52 bits per heavy atom. The molecule has 0 unspecified atom stereocenters. The van der Waals surface area contributed by atoms with Crippen LogP contribution in [0.25, 0.3) is 22.3 Å². The first kappa shape index (κ1) is 13.1. The maximum atomic E-state index is 12.2. The van der Waals surface area contributed by atoms with Crippen LogP contribution in [-0.4, -0.2) is 11.1 Å². The highest BCUT2D eigenvalue weighted by molar-refractivity contribution is 5.85. The van der Waals surface area contributed by atoms with Gasteiger partial charge in [0.05, 0.1) is 18.2 Å². The summed E-state index contributed by atoms with van der Waals surface area (Å²) in [6, 6.07) is 12.4. The van der Waals surface area contributed by atoms with Gasteiger partial charge in [-0.2, -0.15) is 0 Å². The topological polar surface area (TPSA) is 67.5 Å². The molecule has 2 aliphatic rings. The third kappa shape index (κ3) is 2.43. The second-order valence-corrected chi connectivity index (χ2v) is 4.72. The van der Waals surface area contributed by atoms with Gasteiger partial charge in [-0.05, 0) is 34.4 Å². The summed E-state index contributed by atoms with van der Waals surface area (Å²) in [5, 5.41) is 9.17. The van der Waals surface area contributed by atoms with Crippen molar-refractivity contribution in [3.8, 4) is 22.3 Å². The van der Waals surface area contributed by atoms with Crippen molar-refractivity contribution < 1.29 is 14.3 Å². The minimum Gasteiger partial charge on any atom is -0.481 e. The smallest absolute Gasteiger partial charge is 0.307 e. The zero-order valence-corrected chi connectivity index (χ0v) is 11.1. The lowest BCUT2D eigenvalue weighted by molar-refractivity contribution is -0.136. The van der Waals surface area contributed by atoms with E-state index in [0.717, 1.165) is 5.56 Å². The maximum absolute atomic E-state index is 12.2. The molecular formula is C17H12O4. The van der Waals surface area contributed by atoms with E-state index in [-0.39, 0.29) is 11.8 Å². The highest BCUT2D eigenvalue weighted by Gasteiger charge is 2.19. The highest BCUT2D eigenvalue weighted by Crippen LogP contribution is 2.32. The lowest BCUT2D eigenvalue weighted by Gasteiger charge is -2.14. The number of fused-ring (bicyclic) bond motifs is 1. The number of hydrogen-bond donors (Lipinski definition) is 1. The largest absolute Gasteiger partial charge is 0.481 e. The lowest BCUT2D eigenvalue weighted by Crippen LogP contribution is -2.12. The Hall–Kier alpha value is -2.88. The number of rotatable bonds is 3. The van der Waals surface area contributed by atoms with Crippen LogP contribution >= 0.6 is 0 Å². The predicted octanol–water partition coefficient (Wildman–Crippen LogP) is 3.04. The van der Waals surface area contributed by atoms with E-state index in [0.29, 0.717) is 22.3 Å². The Labute approximate surface area is 120 Å². The van der Waals surface area contributed by atoms with Crippen LogP contribution < -0.4 is 5.43 Å². The summed E-state index contributed by atoms with van der Waals surface area (Å²) in [5.74, 6) is -0.937. The van der Waals surface area contributed by atoms with E-state index in [1.807, 2.05) is 30.3 Å². The molecule has 1 N–H and O–H groups in total. The average Bonchev–Trinajstić information content (AvgIpc) is 2.50. The van der Waals surface area contributed by atoms with Crippen molar-refractivity contribution in [2.75, 3.05) is 0 Å². The molecule has 4 nitrogen and oxygen atoms in total. The number of hydrogen-bond acceptors (Lipinski definition) is 3. The van der Waals surface area contributed by atoms with Crippen LogP contribution in [0.2, 0.25) is 0 Å². The fourth-order valence-corrected chi connectivity index (χ4v) is 2.48. The normalized spacial score (nSPS) is 10.7. The molecular weight excluding hydrogens is 268 g/mol. The molecule has 21 heavy (non-hydrogen) atoms. The molecule has 0 fully saturated rings. The average molecular weight is 280 g/mol. The molecule has 1 heterocycles. The van der Waals surface area contributed by atoms with Gasteiger partial charge in [0.15, 0.2) is 5.43 Å². The standard InChI is InChI=1S/C17H12O4/c18-16-8-13(11-4-2-1-3-5-11)14(9-17(19)20)12-6-7-21-10-15(12)16/h1-8,10H,9H2,(H,19,20). The summed E-state index contributed by atoms with van der Waals surface area (Å²) in [7, 11) is 0. The SMILES string of the molecule is O=C(O)Cc1c(-c2ccccc2)cc(=O)c2coccc1-2. The summed E-state index contributed by atoms with van der Waals surface area (Å²) in [6.07, 6.45) is 2.66. The first-order valence-corrected chi connectivity index (χ1v) is 6.46. The van der Waals surface area contributed by atoms with Crippen molar-refractivity contribution in [1.29, 1.82) is 0 Å². The van der Waals surface area contributed by atoms with Gasteiger partial charge in [-0.3, -0.25) is 9.59 Å². The predicted molar refractivity (Wildman–Crippen MR) is 78.4 cm³/mol. The molecule has 0 bridgehead atoms. The summed E-state index contributed by atoms with van der Waals surface area (Å²) >= 11 is 0. The number of aliphatic carboxylic acids is 1. The fraction of sp³-hybridized carbons (Fsp3) is 0.0588. The van der Waals surface area contributed by atoms with E-state index >= 15 is 0 Å². The van der Waals surface area contributed by atoms with Gasteiger partial charge in [-0.15, -0.1) is 0 Å². The van der Waals surface area contributed by atoms with Gasteiger partial charge in [-0.25, -0.2) is 0 Å². The van der Waals surface area contributed by atoms with Crippen molar-refractivity contribution in [3.63, 3.8) is 0 Å². The van der Waals surface area contributed by atoms with E-state index in [1.54, 1.807) is 6.07 Å². The summed E-state index contributed by atoms with van der Waals surface area (Å²) in [4.78, 5) is 23.4. The van der Waals surface area contributed by atoms with E-state index in [1.165, 1.54) is 18.6 Å². The fourth-order valence-electron chi connectivity index (χ4n) is 2.48. The molecule has 0 amide bonds. The van der Waals surface area contributed by atoms with Gasteiger partial charge in [0.1, 0.15) is 6.26 Å². The first-order chi connectivity index (χ1) is 10.2. The van der Waals surface area contributed by atoms with Crippen LogP contribution in [0.15, 0.2) is 64.2 Å². The van der Waals surface area contributed by atoms with Crippen molar-refractivity contribution in [2.45, 2.75) is 6.42 Å². The molecule has 0 saturated carbocycles. The van der Waals surface area contributed by atoms with E-state index < -0.39 is 5.97 Å². The highest BCUT2D eigenvalue weighted by atomic mass is 16.4. The second-order valence-electron chi connectivity index (χ2n) is 4.72. The molecule has 3 rings (SSSR count). The van der Waals surface area contributed by atoms with Gasteiger partial charge in [0, 0.05) is 0 Å². The number of carboxylic acid groups (broad SMARTS) is 1. The number of carboxylic acids is 1. The Balaban J connectivity index is 2.35. The van der Waals surface area contributed by atoms with Gasteiger partial charge >= 0.3 is 5.97 Å². The van der Waals surface area contributed by atoms with E-state index in [2.05, 4.69) is 0 Å². The van der Waals surface area contributed by atoms with Gasteiger partial charge < -0.3 is 9.52 Å². The first-order valence-electron chi connectivity index (χ1n) is 6.46.